The first kappa shape index (κ1) is 37.9. The second-order valence-electron chi connectivity index (χ2n) is 15.2. The highest BCUT2D eigenvalue weighted by Crippen LogP contribution is 2.62. The Labute approximate surface area is 319 Å². The lowest BCUT2D eigenvalue weighted by Gasteiger charge is -2.59. The fraction of sp³-hybridized carbons (Fsp3) is 0.467. The Hall–Kier alpha value is -4.44. The molecule has 1 heterocycles. The summed E-state index contributed by atoms with van der Waals surface area (Å²) in [6, 6.07) is 24.0. The molecule has 0 radical (unpaired) electrons. The van der Waals surface area contributed by atoms with Gasteiger partial charge in [-0.1, -0.05) is 72.6 Å². The number of rotatable bonds is 17. The highest BCUT2D eigenvalue weighted by atomic mass is 16.7. The van der Waals surface area contributed by atoms with E-state index in [4.69, 9.17) is 19.0 Å². The van der Waals surface area contributed by atoms with Gasteiger partial charge in [0.15, 0.2) is 0 Å². The van der Waals surface area contributed by atoms with Crippen LogP contribution in [0.15, 0.2) is 102 Å². The van der Waals surface area contributed by atoms with Crippen LogP contribution in [0.2, 0.25) is 0 Å². The zero-order valence-electron chi connectivity index (χ0n) is 31.6. The average Bonchev–Trinajstić information content (AvgIpc) is 4.05. The topological polar surface area (TPSA) is 110 Å². The zero-order valence-corrected chi connectivity index (χ0v) is 31.6. The Balaban J connectivity index is 1.36. The molecule has 6 atom stereocenters. The molecule has 286 valence electrons. The molecule has 2 fully saturated rings. The van der Waals surface area contributed by atoms with Gasteiger partial charge in [-0.15, -0.1) is 6.58 Å². The van der Waals surface area contributed by atoms with Crippen molar-refractivity contribution >= 4 is 11.6 Å². The maximum absolute atomic E-state index is 13.9. The molecule has 4 aliphatic rings. The quantitative estimate of drug-likeness (QED) is 0.0816. The molecule has 3 aliphatic carbocycles. The minimum Gasteiger partial charge on any atom is -0.459 e. The lowest BCUT2D eigenvalue weighted by Crippen LogP contribution is -2.69. The van der Waals surface area contributed by atoms with E-state index in [0.29, 0.717) is 24.3 Å². The second-order valence-corrected chi connectivity index (χ2v) is 15.2. The van der Waals surface area contributed by atoms with Crippen molar-refractivity contribution in [2.75, 3.05) is 34.0 Å². The standard InChI is InChI=1S/C45H54N2O7/c1-4-26-52-45-41(47(2)44(50)32-16-17-32)29-39(46-51-3)37-27-33(14-8-10-24-48)36(15-9-11-25-49)42(43(37)45)38-28-35(22-23-40(38)54-45)53-34-20-18-31(19-21-34)30-12-6-5-7-13-30/h4-7,12-13,18-23,27-28,32-33,36,41-43,48-49H,1,8-11,14-17,24-26,29H2,2-3H3/t33-,36+,41-,42+,43+,45+/m0/s1. The maximum Gasteiger partial charge on any atom is 0.239 e. The van der Waals surface area contributed by atoms with Gasteiger partial charge in [0.1, 0.15) is 30.4 Å². The van der Waals surface area contributed by atoms with Gasteiger partial charge in [0, 0.05) is 44.1 Å². The molecule has 0 aromatic heterocycles. The van der Waals surface area contributed by atoms with E-state index in [1.165, 1.54) is 0 Å². The molecule has 7 rings (SSSR count). The number of fused-ring (bicyclic) bond motifs is 2. The maximum atomic E-state index is 13.9. The van der Waals surface area contributed by atoms with Crippen LogP contribution in [0.5, 0.6) is 17.2 Å². The molecule has 2 N–H and O–H groups in total. The van der Waals surface area contributed by atoms with Gasteiger partial charge in [0.05, 0.1) is 18.2 Å². The van der Waals surface area contributed by atoms with Gasteiger partial charge in [0.2, 0.25) is 11.7 Å². The van der Waals surface area contributed by atoms with E-state index in [1.807, 2.05) is 54.4 Å². The highest BCUT2D eigenvalue weighted by Gasteiger charge is 2.65. The fourth-order valence-electron chi connectivity index (χ4n) is 9.16. The smallest absolute Gasteiger partial charge is 0.239 e. The molecule has 0 unspecified atom stereocenters. The van der Waals surface area contributed by atoms with Gasteiger partial charge in [-0.2, -0.15) is 0 Å². The second kappa shape index (κ2) is 16.9. The number of ether oxygens (including phenoxy) is 3. The van der Waals surface area contributed by atoms with Crippen molar-refractivity contribution in [3.05, 3.63) is 103 Å². The number of unbranched alkanes of at least 4 members (excludes halogenated alkanes) is 2. The molecular formula is C45H54N2O7. The number of likely N-dealkylation sites (N-methyl/N-ethyl adjacent to an activating group) is 1. The first-order valence-corrected chi connectivity index (χ1v) is 19.6. The Kier molecular flexibility index (Phi) is 11.9. The van der Waals surface area contributed by atoms with E-state index in [0.717, 1.165) is 78.7 Å². The molecule has 3 aromatic rings. The van der Waals surface area contributed by atoms with Gasteiger partial charge in [-0.25, -0.2) is 0 Å². The van der Waals surface area contributed by atoms with Crippen molar-refractivity contribution in [2.45, 2.75) is 75.5 Å². The molecule has 3 aromatic carbocycles. The van der Waals surface area contributed by atoms with Crippen LogP contribution >= 0.6 is 0 Å². The molecule has 1 aliphatic heterocycles. The molecular weight excluding hydrogens is 681 g/mol. The minimum absolute atomic E-state index is 0.00726. The van der Waals surface area contributed by atoms with Crippen molar-refractivity contribution < 1.29 is 34.1 Å². The monoisotopic (exact) mass is 734 g/mol. The minimum atomic E-state index is -1.23. The lowest BCUT2D eigenvalue weighted by molar-refractivity contribution is -0.255. The number of aliphatic hydroxyl groups excluding tert-OH is 2. The summed E-state index contributed by atoms with van der Waals surface area (Å²) in [5.41, 5.74) is 5.10. The Morgan fingerprint density at radius 1 is 0.963 bits per heavy atom. The van der Waals surface area contributed by atoms with Crippen LogP contribution in [-0.4, -0.2) is 72.5 Å². The Morgan fingerprint density at radius 3 is 2.35 bits per heavy atom. The van der Waals surface area contributed by atoms with E-state index >= 15 is 0 Å². The number of hydrogen-bond acceptors (Lipinski definition) is 8. The first-order valence-electron chi connectivity index (χ1n) is 19.6. The number of carbonyl (C=O) groups excluding carboxylic acids is 1. The van der Waals surface area contributed by atoms with Crippen molar-refractivity contribution in [1.82, 2.24) is 4.90 Å². The molecule has 2 saturated carbocycles. The molecule has 0 bridgehead atoms. The van der Waals surface area contributed by atoms with Crippen LogP contribution in [0.4, 0.5) is 0 Å². The zero-order chi connectivity index (χ0) is 37.7. The van der Waals surface area contributed by atoms with Crippen LogP contribution in [0.25, 0.3) is 11.1 Å². The Bertz CT molecular complexity index is 1820. The van der Waals surface area contributed by atoms with E-state index in [2.05, 4.69) is 48.1 Å². The SMILES string of the molecule is C=CCO[C@@]12Oc3ccc(Oc4ccc(-c5ccccc5)cc4)cc3[C@H]3[C@H](CCCCO)[C@@H](CCCCO)C=C(C(=NOC)C[C@@H]1N(C)C(=O)C1CC1)[C@H]32. The van der Waals surface area contributed by atoms with Crippen molar-refractivity contribution in [3.8, 4) is 28.4 Å². The van der Waals surface area contributed by atoms with Crippen LogP contribution in [-0.2, 0) is 14.4 Å². The number of aliphatic hydroxyl groups is 2. The van der Waals surface area contributed by atoms with Gasteiger partial charge >= 0.3 is 0 Å². The van der Waals surface area contributed by atoms with Crippen molar-refractivity contribution in [2.24, 2.45) is 28.8 Å². The molecule has 0 saturated heterocycles. The van der Waals surface area contributed by atoms with Gasteiger partial charge in [0.25, 0.3) is 0 Å². The number of carbonyl (C=O) groups is 1. The molecule has 1 amide bonds. The van der Waals surface area contributed by atoms with E-state index < -0.39 is 11.8 Å². The number of nitrogens with zero attached hydrogens (tertiary/aromatic N) is 2. The van der Waals surface area contributed by atoms with E-state index in [-0.39, 0.29) is 55.3 Å². The third-order valence-electron chi connectivity index (χ3n) is 11.8. The predicted molar refractivity (Wildman–Crippen MR) is 209 cm³/mol. The third-order valence-corrected chi connectivity index (χ3v) is 11.8. The number of hydrogen-bond donors (Lipinski definition) is 2. The third kappa shape index (κ3) is 7.59. The van der Waals surface area contributed by atoms with Gasteiger partial charge in [-0.3, -0.25) is 4.79 Å². The highest BCUT2D eigenvalue weighted by molar-refractivity contribution is 6.03. The molecule has 0 spiro atoms. The first-order chi connectivity index (χ1) is 26.4. The van der Waals surface area contributed by atoms with Gasteiger partial charge in [-0.05, 0) is 97.4 Å². The van der Waals surface area contributed by atoms with E-state index in [9.17, 15) is 15.0 Å². The summed E-state index contributed by atoms with van der Waals surface area (Å²) < 4.78 is 20.7. The predicted octanol–water partition coefficient (Wildman–Crippen LogP) is 8.28. The number of allylic oxidation sites excluding steroid dienone is 1. The average molecular weight is 735 g/mol. The van der Waals surface area contributed by atoms with E-state index in [1.54, 1.807) is 13.2 Å². The number of amides is 1. The van der Waals surface area contributed by atoms with Crippen molar-refractivity contribution in [3.63, 3.8) is 0 Å². The number of oxime groups is 1. The van der Waals surface area contributed by atoms with Crippen molar-refractivity contribution in [1.29, 1.82) is 0 Å². The van der Waals surface area contributed by atoms with Crippen LogP contribution in [0.3, 0.4) is 0 Å². The fourth-order valence-corrected chi connectivity index (χ4v) is 9.16. The summed E-state index contributed by atoms with van der Waals surface area (Å²) in [7, 11) is 3.44. The summed E-state index contributed by atoms with van der Waals surface area (Å²) >= 11 is 0. The molecule has 9 heteroatoms. The molecule has 54 heavy (non-hydrogen) atoms. The summed E-state index contributed by atoms with van der Waals surface area (Å²) in [6.45, 7) is 4.51. The van der Waals surface area contributed by atoms with Crippen LogP contribution in [0.1, 0.15) is 69.3 Å². The normalized spacial score (nSPS) is 26.2. The lowest BCUT2D eigenvalue weighted by atomic mass is 9.55. The molecule has 9 nitrogen and oxygen atoms in total. The summed E-state index contributed by atoms with van der Waals surface area (Å²) in [5, 5.41) is 24.3. The van der Waals surface area contributed by atoms with Crippen LogP contribution in [0, 0.1) is 23.7 Å². The summed E-state index contributed by atoms with van der Waals surface area (Å²) in [4.78, 5) is 21.2. The Morgan fingerprint density at radius 2 is 1.67 bits per heavy atom. The largest absolute Gasteiger partial charge is 0.459 e. The summed E-state index contributed by atoms with van der Waals surface area (Å²) in [6.07, 6.45) is 11.2. The van der Waals surface area contributed by atoms with Gasteiger partial charge < -0.3 is 34.2 Å². The summed E-state index contributed by atoms with van der Waals surface area (Å²) in [5.74, 6) is 0.876. The van der Waals surface area contributed by atoms with Crippen LogP contribution < -0.4 is 9.47 Å². The number of benzene rings is 3.